The van der Waals surface area contributed by atoms with Crippen LogP contribution in [0.15, 0.2) is 36.4 Å². The molecule has 0 amide bonds. The average molecular weight is 308 g/mol. The fourth-order valence-electron chi connectivity index (χ4n) is 1.89. The van der Waals surface area contributed by atoms with E-state index in [2.05, 4.69) is 10.6 Å². The van der Waals surface area contributed by atoms with Crippen LogP contribution in [-0.4, -0.2) is 11.9 Å². The van der Waals surface area contributed by atoms with Crippen molar-refractivity contribution in [3.05, 3.63) is 48.0 Å². The van der Waals surface area contributed by atoms with Gasteiger partial charge in [-0.1, -0.05) is 0 Å². The number of hydrogen-bond donors (Lipinski definition) is 2. The highest BCUT2D eigenvalue weighted by atomic mass is 32.1. The monoisotopic (exact) mass is 308 g/mol. The number of nitrogens with one attached hydrogen (secondary N) is 2. The summed E-state index contributed by atoms with van der Waals surface area (Å²) in [7, 11) is 0. The fraction of sp³-hybridized carbons (Fsp3) is 0.0714. The fourth-order valence-corrected chi connectivity index (χ4v) is 2.13. The lowest BCUT2D eigenvalue weighted by Gasteiger charge is -2.11. The summed E-state index contributed by atoms with van der Waals surface area (Å²) in [5.41, 5.74) is 0.902. The van der Waals surface area contributed by atoms with E-state index >= 15 is 0 Å². The molecule has 108 valence electrons. The molecule has 0 unspecified atom stereocenters. The molecular formula is C14H10F2N2O2S. The maximum atomic E-state index is 13.1. The van der Waals surface area contributed by atoms with Crippen molar-refractivity contribution in [2.75, 3.05) is 17.4 Å². The van der Waals surface area contributed by atoms with E-state index in [0.717, 1.165) is 18.2 Å². The molecule has 0 spiro atoms. The summed E-state index contributed by atoms with van der Waals surface area (Å²) in [6, 6.07) is 8.32. The maximum absolute atomic E-state index is 13.1. The smallest absolute Gasteiger partial charge is 0.231 e. The molecule has 2 N–H and O–H groups in total. The normalized spacial score (nSPS) is 12.1. The molecule has 0 saturated heterocycles. The first-order valence-electron chi connectivity index (χ1n) is 6.04. The van der Waals surface area contributed by atoms with Gasteiger partial charge < -0.3 is 20.1 Å². The molecule has 0 atom stereocenters. The molecule has 1 aliphatic rings. The van der Waals surface area contributed by atoms with E-state index in [1.807, 2.05) is 0 Å². The molecule has 2 aromatic carbocycles. The molecule has 0 fully saturated rings. The van der Waals surface area contributed by atoms with Crippen LogP contribution in [0.4, 0.5) is 20.2 Å². The summed E-state index contributed by atoms with van der Waals surface area (Å²) >= 11 is 5.09. The molecule has 0 saturated carbocycles. The minimum atomic E-state index is -0.677. The highest BCUT2D eigenvalue weighted by molar-refractivity contribution is 7.80. The summed E-state index contributed by atoms with van der Waals surface area (Å²) in [4.78, 5) is 0. The van der Waals surface area contributed by atoms with Crippen molar-refractivity contribution in [1.82, 2.24) is 0 Å². The SMILES string of the molecule is Fc1cc(F)cc(NC(=S)Nc2ccc3c(c2)OCO3)c1. The first kappa shape index (κ1) is 13.6. The number of halogens is 2. The third-order valence-electron chi connectivity index (χ3n) is 2.75. The Morgan fingerprint density at radius 2 is 1.57 bits per heavy atom. The zero-order valence-corrected chi connectivity index (χ0v) is 11.5. The van der Waals surface area contributed by atoms with Gasteiger partial charge in [0.15, 0.2) is 16.6 Å². The van der Waals surface area contributed by atoms with Crippen LogP contribution in [0.25, 0.3) is 0 Å². The van der Waals surface area contributed by atoms with Gasteiger partial charge in [-0.15, -0.1) is 0 Å². The van der Waals surface area contributed by atoms with Crippen LogP contribution >= 0.6 is 12.2 Å². The van der Waals surface area contributed by atoms with Crippen LogP contribution in [0, 0.1) is 11.6 Å². The quantitative estimate of drug-likeness (QED) is 0.831. The molecule has 2 aromatic rings. The highest BCUT2D eigenvalue weighted by Crippen LogP contribution is 2.34. The molecule has 0 bridgehead atoms. The second-order valence-corrected chi connectivity index (χ2v) is 4.71. The van der Waals surface area contributed by atoms with Crippen LogP contribution in [0.2, 0.25) is 0 Å². The van der Waals surface area contributed by atoms with E-state index < -0.39 is 11.6 Å². The van der Waals surface area contributed by atoms with Gasteiger partial charge in [-0.3, -0.25) is 0 Å². The van der Waals surface area contributed by atoms with Gasteiger partial charge >= 0.3 is 0 Å². The van der Waals surface area contributed by atoms with Gasteiger partial charge in [-0.25, -0.2) is 8.78 Å². The molecule has 0 aromatic heterocycles. The molecule has 21 heavy (non-hydrogen) atoms. The van der Waals surface area contributed by atoms with Gasteiger partial charge in [0.25, 0.3) is 0 Å². The minimum Gasteiger partial charge on any atom is -0.454 e. The zero-order valence-electron chi connectivity index (χ0n) is 10.7. The Morgan fingerprint density at radius 1 is 0.905 bits per heavy atom. The Morgan fingerprint density at radius 3 is 2.33 bits per heavy atom. The van der Waals surface area contributed by atoms with E-state index in [4.69, 9.17) is 21.7 Å². The van der Waals surface area contributed by atoms with Crippen molar-refractivity contribution < 1.29 is 18.3 Å². The van der Waals surface area contributed by atoms with E-state index in [1.165, 1.54) is 0 Å². The molecule has 3 rings (SSSR count). The van der Waals surface area contributed by atoms with Crippen molar-refractivity contribution >= 4 is 28.7 Å². The largest absolute Gasteiger partial charge is 0.454 e. The molecular weight excluding hydrogens is 298 g/mol. The Hall–Kier alpha value is -2.41. The molecule has 1 aliphatic heterocycles. The standard InChI is InChI=1S/C14H10F2N2O2S/c15-8-3-9(16)5-11(4-8)18-14(21)17-10-1-2-12-13(6-10)20-7-19-12/h1-6H,7H2,(H2,17,18,21). The summed E-state index contributed by atoms with van der Waals surface area (Å²) in [6.07, 6.45) is 0. The van der Waals surface area contributed by atoms with Crippen molar-refractivity contribution in [3.8, 4) is 11.5 Å². The number of rotatable bonds is 2. The Balaban J connectivity index is 1.69. The van der Waals surface area contributed by atoms with Crippen molar-refractivity contribution in [1.29, 1.82) is 0 Å². The molecule has 4 nitrogen and oxygen atoms in total. The number of hydrogen-bond acceptors (Lipinski definition) is 3. The van der Waals surface area contributed by atoms with E-state index in [0.29, 0.717) is 17.2 Å². The van der Waals surface area contributed by atoms with E-state index in [1.54, 1.807) is 18.2 Å². The third kappa shape index (κ3) is 3.19. The van der Waals surface area contributed by atoms with Crippen LogP contribution in [0.5, 0.6) is 11.5 Å². The van der Waals surface area contributed by atoms with Crippen molar-refractivity contribution in [3.63, 3.8) is 0 Å². The summed E-state index contributed by atoms with van der Waals surface area (Å²) in [5.74, 6) is -0.0852. The lowest BCUT2D eigenvalue weighted by atomic mass is 10.3. The average Bonchev–Trinajstić information content (AvgIpc) is 2.84. The topological polar surface area (TPSA) is 42.5 Å². The lowest BCUT2D eigenvalue weighted by molar-refractivity contribution is 0.174. The van der Waals surface area contributed by atoms with Crippen molar-refractivity contribution in [2.45, 2.75) is 0 Å². The van der Waals surface area contributed by atoms with Crippen LogP contribution < -0.4 is 20.1 Å². The first-order chi connectivity index (χ1) is 10.1. The van der Waals surface area contributed by atoms with Gasteiger partial charge in [0.2, 0.25) is 6.79 Å². The second-order valence-electron chi connectivity index (χ2n) is 4.31. The number of thiocarbonyl (C=S) groups is 1. The Kier molecular flexibility index (Phi) is 3.57. The Bertz CT molecular complexity index is 689. The number of ether oxygens (including phenoxy) is 2. The van der Waals surface area contributed by atoms with Crippen molar-refractivity contribution in [2.24, 2.45) is 0 Å². The number of fused-ring (bicyclic) bond motifs is 1. The maximum Gasteiger partial charge on any atom is 0.231 e. The van der Waals surface area contributed by atoms with Gasteiger partial charge in [-0.05, 0) is 36.5 Å². The van der Waals surface area contributed by atoms with Crippen LogP contribution in [0.1, 0.15) is 0 Å². The summed E-state index contributed by atoms with van der Waals surface area (Å²) < 4.78 is 36.6. The van der Waals surface area contributed by atoms with E-state index in [-0.39, 0.29) is 17.6 Å². The van der Waals surface area contributed by atoms with E-state index in [9.17, 15) is 8.78 Å². The first-order valence-corrected chi connectivity index (χ1v) is 6.45. The molecule has 1 heterocycles. The predicted octanol–water partition coefficient (Wildman–Crippen LogP) is 3.50. The predicted molar refractivity (Wildman–Crippen MR) is 78.8 cm³/mol. The van der Waals surface area contributed by atoms with Crippen LogP contribution in [0.3, 0.4) is 0 Å². The molecule has 0 aliphatic carbocycles. The van der Waals surface area contributed by atoms with Crippen LogP contribution in [-0.2, 0) is 0 Å². The van der Waals surface area contributed by atoms with Gasteiger partial charge in [0.05, 0.1) is 0 Å². The third-order valence-corrected chi connectivity index (χ3v) is 2.95. The minimum absolute atomic E-state index is 0.185. The molecule has 0 radical (unpaired) electrons. The zero-order chi connectivity index (χ0) is 14.8. The second kappa shape index (κ2) is 5.53. The number of anilines is 2. The molecule has 7 heteroatoms. The summed E-state index contributed by atoms with van der Waals surface area (Å²) in [5, 5.41) is 5.81. The van der Waals surface area contributed by atoms with Gasteiger partial charge in [-0.2, -0.15) is 0 Å². The highest BCUT2D eigenvalue weighted by Gasteiger charge is 2.13. The Labute approximate surface area is 124 Å². The van der Waals surface area contributed by atoms with Gasteiger partial charge in [0, 0.05) is 23.5 Å². The van der Waals surface area contributed by atoms with Gasteiger partial charge in [0.1, 0.15) is 11.6 Å². The summed E-state index contributed by atoms with van der Waals surface area (Å²) in [6.45, 7) is 0.185. The number of benzene rings is 2. The lowest BCUT2D eigenvalue weighted by Crippen LogP contribution is -2.19.